The average Bonchev–Trinajstić information content (AvgIpc) is 2.44. The van der Waals surface area contributed by atoms with Crippen LogP contribution in [0.1, 0.15) is 18.5 Å². The van der Waals surface area contributed by atoms with Crippen molar-refractivity contribution in [1.29, 1.82) is 0 Å². The van der Waals surface area contributed by atoms with Crippen molar-refractivity contribution in [2.45, 2.75) is 31.5 Å². The van der Waals surface area contributed by atoms with Crippen LogP contribution in [0.5, 0.6) is 0 Å². The minimum atomic E-state index is -4.14. The topological polar surface area (TPSA) is 28.2 Å². The lowest BCUT2D eigenvalue weighted by molar-refractivity contribution is -0.151. The van der Waals surface area contributed by atoms with Crippen LogP contribution in [0.3, 0.4) is 0 Å². The number of halogens is 3. The molecule has 0 aliphatic carbocycles. The van der Waals surface area contributed by atoms with Crippen molar-refractivity contribution in [2.24, 2.45) is 0 Å². The molecule has 1 aromatic heterocycles. The third kappa shape index (κ3) is 5.09. The maximum atomic E-state index is 12.7. The molecule has 1 fully saturated rings. The quantitative estimate of drug-likeness (QED) is 0.900. The monoisotopic (exact) mass is 287 g/mol. The summed E-state index contributed by atoms with van der Waals surface area (Å²) < 4.78 is 38.1. The summed E-state index contributed by atoms with van der Waals surface area (Å²) in [7, 11) is 0. The van der Waals surface area contributed by atoms with E-state index in [1.165, 1.54) is 0 Å². The molecule has 6 heteroatoms. The van der Waals surface area contributed by atoms with Crippen LogP contribution >= 0.6 is 0 Å². The summed E-state index contributed by atoms with van der Waals surface area (Å²) in [5.41, 5.74) is 0.841. The fourth-order valence-corrected chi connectivity index (χ4v) is 2.60. The molecule has 1 aromatic rings. The highest BCUT2D eigenvalue weighted by atomic mass is 19.4. The van der Waals surface area contributed by atoms with Crippen molar-refractivity contribution in [1.82, 2.24) is 15.2 Å². The van der Waals surface area contributed by atoms with E-state index in [1.807, 2.05) is 18.2 Å². The molecule has 0 spiro atoms. The van der Waals surface area contributed by atoms with Crippen molar-refractivity contribution in [2.75, 3.05) is 26.2 Å². The van der Waals surface area contributed by atoms with Crippen LogP contribution in [-0.4, -0.2) is 48.3 Å². The van der Waals surface area contributed by atoms with Gasteiger partial charge in [-0.3, -0.25) is 9.88 Å². The average molecular weight is 287 g/mol. The molecule has 0 saturated carbocycles. The third-order valence-electron chi connectivity index (χ3n) is 3.59. The molecule has 0 radical (unpaired) electrons. The zero-order chi connectivity index (χ0) is 14.4. The van der Waals surface area contributed by atoms with Crippen molar-refractivity contribution in [3.63, 3.8) is 0 Å². The fourth-order valence-electron chi connectivity index (χ4n) is 2.60. The first-order chi connectivity index (χ1) is 9.54. The smallest absolute Gasteiger partial charge is 0.317 e. The standard InChI is InChI=1S/C14H20F3N3/c15-14(16,17)11-20(13-4-8-18-9-5-13)10-6-12-3-1-2-7-19-12/h1-3,7,13,18H,4-6,8-11H2. The highest BCUT2D eigenvalue weighted by Gasteiger charge is 2.34. The van der Waals surface area contributed by atoms with E-state index in [1.54, 1.807) is 11.1 Å². The molecule has 0 amide bonds. The summed E-state index contributed by atoms with van der Waals surface area (Å²) in [5, 5.41) is 3.19. The first kappa shape index (κ1) is 15.3. The van der Waals surface area contributed by atoms with Crippen molar-refractivity contribution >= 4 is 0 Å². The lowest BCUT2D eigenvalue weighted by atomic mass is 10.0. The molecule has 2 heterocycles. The maximum Gasteiger partial charge on any atom is 0.401 e. The number of hydrogen-bond acceptors (Lipinski definition) is 3. The van der Waals surface area contributed by atoms with E-state index in [-0.39, 0.29) is 6.04 Å². The first-order valence-electron chi connectivity index (χ1n) is 6.96. The number of piperidine rings is 1. The van der Waals surface area contributed by atoms with Gasteiger partial charge in [0.1, 0.15) is 0 Å². The number of nitrogens with one attached hydrogen (secondary N) is 1. The van der Waals surface area contributed by atoms with Crippen LogP contribution < -0.4 is 5.32 Å². The molecular weight excluding hydrogens is 267 g/mol. The Morgan fingerprint density at radius 3 is 2.60 bits per heavy atom. The van der Waals surface area contributed by atoms with Crippen LogP contribution in [0.2, 0.25) is 0 Å². The number of rotatable bonds is 5. The Bertz CT molecular complexity index is 388. The first-order valence-corrected chi connectivity index (χ1v) is 6.96. The van der Waals surface area contributed by atoms with Crippen molar-refractivity contribution in [3.8, 4) is 0 Å². The van der Waals surface area contributed by atoms with E-state index in [2.05, 4.69) is 10.3 Å². The van der Waals surface area contributed by atoms with Gasteiger partial charge in [-0.05, 0) is 38.1 Å². The van der Waals surface area contributed by atoms with Gasteiger partial charge in [0.2, 0.25) is 0 Å². The number of pyridine rings is 1. The number of alkyl halides is 3. The molecule has 1 N–H and O–H groups in total. The van der Waals surface area contributed by atoms with Crippen LogP contribution in [0.25, 0.3) is 0 Å². The van der Waals surface area contributed by atoms with Gasteiger partial charge in [0.25, 0.3) is 0 Å². The normalized spacial score (nSPS) is 17.6. The summed E-state index contributed by atoms with van der Waals surface area (Å²) in [6.07, 6.45) is -0.361. The van der Waals surface area contributed by atoms with Crippen LogP contribution in [-0.2, 0) is 6.42 Å². The van der Waals surface area contributed by atoms with E-state index in [0.717, 1.165) is 31.6 Å². The second-order valence-corrected chi connectivity index (χ2v) is 5.14. The lowest BCUT2D eigenvalue weighted by Gasteiger charge is -2.35. The molecule has 0 atom stereocenters. The Balaban J connectivity index is 1.94. The van der Waals surface area contributed by atoms with Gasteiger partial charge in [-0.2, -0.15) is 13.2 Å². The van der Waals surface area contributed by atoms with E-state index in [0.29, 0.717) is 13.0 Å². The second kappa shape index (κ2) is 7.04. The Morgan fingerprint density at radius 2 is 2.00 bits per heavy atom. The minimum absolute atomic E-state index is 0.0154. The highest BCUT2D eigenvalue weighted by Crippen LogP contribution is 2.21. The summed E-state index contributed by atoms with van der Waals surface area (Å²) in [6, 6.07) is 5.54. The molecular formula is C14H20F3N3. The van der Waals surface area contributed by atoms with Crippen LogP contribution in [0.15, 0.2) is 24.4 Å². The maximum absolute atomic E-state index is 12.7. The van der Waals surface area contributed by atoms with E-state index < -0.39 is 12.7 Å². The molecule has 112 valence electrons. The molecule has 2 rings (SSSR count). The SMILES string of the molecule is FC(F)(F)CN(CCc1ccccn1)C1CCNCC1. The summed E-state index contributed by atoms with van der Waals surface area (Å²) in [6.45, 7) is 1.16. The summed E-state index contributed by atoms with van der Waals surface area (Å²) in [5.74, 6) is 0. The summed E-state index contributed by atoms with van der Waals surface area (Å²) >= 11 is 0. The van der Waals surface area contributed by atoms with Gasteiger partial charge in [-0.25, -0.2) is 0 Å². The minimum Gasteiger partial charge on any atom is -0.317 e. The van der Waals surface area contributed by atoms with Gasteiger partial charge in [-0.1, -0.05) is 6.07 Å². The summed E-state index contributed by atoms with van der Waals surface area (Å²) in [4.78, 5) is 5.74. The van der Waals surface area contributed by atoms with E-state index in [4.69, 9.17) is 0 Å². The van der Waals surface area contributed by atoms with Gasteiger partial charge in [-0.15, -0.1) is 0 Å². The molecule has 1 aliphatic rings. The predicted octanol–water partition coefficient (Wildman–Crippen LogP) is 2.24. The van der Waals surface area contributed by atoms with Crippen LogP contribution in [0.4, 0.5) is 13.2 Å². The van der Waals surface area contributed by atoms with Gasteiger partial charge >= 0.3 is 6.18 Å². The third-order valence-corrected chi connectivity index (χ3v) is 3.59. The number of nitrogens with zero attached hydrogens (tertiary/aromatic N) is 2. The van der Waals surface area contributed by atoms with Gasteiger partial charge in [0.15, 0.2) is 0 Å². The van der Waals surface area contributed by atoms with Gasteiger partial charge in [0, 0.05) is 30.9 Å². The Labute approximate surface area is 117 Å². The largest absolute Gasteiger partial charge is 0.401 e. The van der Waals surface area contributed by atoms with Crippen molar-refractivity contribution in [3.05, 3.63) is 30.1 Å². The zero-order valence-electron chi connectivity index (χ0n) is 11.4. The van der Waals surface area contributed by atoms with E-state index in [9.17, 15) is 13.2 Å². The Kier molecular flexibility index (Phi) is 5.37. The number of aromatic nitrogens is 1. The molecule has 0 aromatic carbocycles. The van der Waals surface area contributed by atoms with Gasteiger partial charge in [0.05, 0.1) is 6.54 Å². The molecule has 0 bridgehead atoms. The van der Waals surface area contributed by atoms with Crippen LogP contribution in [0, 0.1) is 0 Å². The molecule has 1 aliphatic heterocycles. The molecule has 20 heavy (non-hydrogen) atoms. The number of hydrogen-bond donors (Lipinski definition) is 1. The molecule has 3 nitrogen and oxygen atoms in total. The zero-order valence-corrected chi connectivity index (χ0v) is 11.4. The molecule has 1 saturated heterocycles. The molecule has 0 unspecified atom stereocenters. The second-order valence-electron chi connectivity index (χ2n) is 5.14. The van der Waals surface area contributed by atoms with Crippen molar-refractivity contribution < 1.29 is 13.2 Å². The van der Waals surface area contributed by atoms with Gasteiger partial charge < -0.3 is 5.32 Å². The highest BCUT2D eigenvalue weighted by molar-refractivity contribution is 5.04. The fraction of sp³-hybridized carbons (Fsp3) is 0.643. The Hall–Kier alpha value is -1.14. The lowest BCUT2D eigenvalue weighted by Crippen LogP contribution is -2.47. The van der Waals surface area contributed by atoms with E-state index >= 15 is 0 Å². The predicted molar refractivity (Wildman–Crippen MR) is 71.5 cm³/mol. The Morgan fingerprint density at radius 1 is 1.25 bits per heavy atom.